The van der Waals surface area contributed by atoms with E-state index in [1.807, 2.05) is 11.6 Å². The number of alkyl halides is 2. The van der Waals surface area contributed by atoms with Gasteiger partial charge in [0.05, 0.1) is 23.8 Å². The normalized spacial score (nSPS) is 18.3. The average molecular weight is 604 g/mol. The Morgan fingerprint density at radius 2 is 2.00 bits per heavy atom. The van der Waals surface area contributed by atoms with Crippen LogP contribution in [0.25, 0.3) is 15.9 Å². The van der Waals surface area contributed by atoms with Gasteiger partial charge in [-0.25, -0.2) is 18.6 Å². The summed E-state index contributed by atoms with van der Waals surface area (Å²) in [6.07, 6.45) is 6.39. The molecule has 2 amide bonds. The number of fused-ring (bicyclic) bond motifs is 1. The van der Waals surface area contributed by atoms with Crippen molar-refractivity contribution in [2.45, 2.75) is 63.7 Å². The van der Waals surface area contributed by atoms with Crippen LogP contribution >= 0.6 is 0 Å². The number of carbonyl (C=O) groups is 2. The molecule has 0 aromatic carbocycles. The molecule has 1 aliphatic carbocycles. The summed E-state index contributed by atoms with van der Waals surface area (Å²) in [5.41, 5.74) is 2.19. The number of pyridine rings is 1. The third kappa shape index (κ3) is 7.84. The minimum absolute atomic E-state index is 0.138. The van der Waals surface area contributed by atoms with Crippen LogP contribution in [-0.4, -0.2) is 70.5 Å². The van der Waals surface area contributed by atoms with Crippen molar-refractivity contribution in [3.05, 3.63) is 34.9 Å². The summed E-state index contributed by atoms with van der Waals surface area (Å²) in [5.74, 6) is 1.50. The van der Waals surface area contributed by atoms with E-state index in [4.69, 9.17) is 11.1 Å². The molecule has 42 heavy (non-hydrogen) atoms. The van der Waals surface area contributed by atoms with Crippen molar-refractivity contribution in [1.29, 1.82) is 0 Å². The predicted octanol–water partition coefficient (Wildman–Crippen LogP) is 4.13. The lowest BCUT2D eigenvalue weighted by atomic mass is 9.82. The molecule has 2 fully saturated rings. The molecule has 13 heteroatoms. The predicted molar refractivity (Wildman–Crippen MR) is 153 cm³/mol. The van der Waals surface area contributed by atoms with Crippen molar-refractivity contribution in [3.8, 4) is 11.8 Å². The van der Waals surface area contributed by atoms with Crippen LogP contribution in [-0.2, 0) is 28.4 Å². The lowest BCUT2D eigenvalue weighted by molar-refractivity contribution is -0.124. The minimum atomic E-state index is -4.19. The fraction of sp³-hybridized carbons (Fsp3) is 0.586. The van der Waals surface area contributed by atoms with Gasteiger partial charge in [0, 0.05) is 69.1 Å². The molecular formula is C29H35F2N5O5S. The zero-order chi connectivity index (χ0) is 30.5. The first-order chi connectivity index (χ1) is 19.9. The summed E-state index contributed by atoms with van der Waals surface area (Å²) in [6, 6.07) is 1.66. The van der Waals surface area contributed by atoms with Crippen molar-refractivity contribution in [1.82, 2.24) is 19.8 Å². The summed E-state index contributed by atoms with van der Waals surface area (Å²) in [7, 11) is -2.35. The van der Waals surface area contributed by atoms with E-state index in [0.717, 1.165) is 31.4 Å². The van der Waals surface area contributed by atoms with E-state index < -0.39 is 27.7 Å². The van der Waals surface area contributed by atoms with E-state index in [2.05, 4.69) is 27.0 Å². The van der Waals surface area contributed by atoms with E-state index in [1.165, 1.54) is 6.20 Å². The van der Waals surface area contributed by atoms with Gasteiger partial charge in [-0.3, -0.25) is 14.1 Å². The third-order valence-corrected chi connectivity index (χ3v) is 8.56. The van der Waals surface area contributed by atoms with Gasteiger partial charge < -0.3 is 14.8 Å². The van der Waals surface area contributed by atoms with Gasteiger partial charge in [0.1, 0.15) is 5.65 Å². The topological polar surface area (TPSA) is 126 Å². The van der Waals surface area contributed by atoms with Crippen LogP contribution in [0.5, 0.6) is 0 Å². The van der Waals surface area contributed by atoms with Gasteiger partial charge in [0.2, 0.25) is 11.6 Å². The number of aromatic nitrogens is 2. The van der Waals surface area contributed by atoms with Gasteiger partial charge in [0.15, 0.2) is 0 Å². The molecule has 4 rings (SSSR count). The fourth-order valence-corrected chi connectivity index (χ4v) is 5.90. The molecule has 0 bridgehead atoms. The number of rotatable bonds is 11. The standard InChI is InChI=1S/C29H35F2N5O5S/c1-32-22-15-23-25(28(38)36-13-11-21(19-36)27(37)33-12-14-42(39,40)41)24(35(2)26(23)34-18-22)10-8-6-4-3-5-7-9-20-16-29(30,31)17-20/h15,18,20-21H,3-6,8,10-14,16-17,19H2,2H3,(H,33,37)(H,39,40,41)/t21-/m0/s1. The molecule has 1 saturated heterocycles. The molecule has 0 unspecified atom stereocenters. The number of unbranched alkanes of at least 4 members (excludes halogenated alkanes) is 4. The molecule has 226 valence electrons. The summed E-state index contributed by atoms with van der Waals surface area (Å²) >= 11 is 0. The van der Waals surface area contributed by atoms with Crippen LogP contribution in [0.2, 0.25) is 0 Å². The van der Waals surface area contributed by atoms with Crippen LogP contribution in [0, 0.1) is 30.2 Å². The SMILES string of the molecule is [C-]#[N+]c1cnc2c(c1)c(C(=O)N1CC[C@H](C(=O)NCCS(=O)(=O)O)C1)c(CCCCCCC#CC1CC(F)(F)C1)n2C. The van der Waals surface area contributed by atoms with Crippen molar-refractivity contribution in [2.75, 3.05) is 25.4 Å². The number of amides is 2. The molecule has 1 atom stereocenters. The number of halogens is 2. The van der Waals surface area contributed by atoms with Crippen LogP contribution < -0.4 is 5.32 Å². The lowest BCUT2D eigenvalue weighted by Gasteiger charge is -2.31. The molecule has 10 nitrogen and oxygen atoms in total. The highest BCUT2D eigenvalue weighted by Crippen LogP contribution is 2.41. The number of aryl methyl sites for hydroxylation is 1. The highest BCUT2D eigenvalue weighted by molar-refractivity contribution is 7.85. The van der Waals surface area contributed by atoms with Gasteiger partial charge in [-0.15, -0.1) is 5.92 Å². The Morgan fingerprint density at radius 1 is 1.26 bits per heavy atom. The quantitative estimate of drug-likeness (QED) is 0.172. The first-order valence-electron chi connectivity index (χ1n) is 14.1. The molecule has 0 radical (unpaired) electrons. The van der Waals surface area contributed by atoms with Crippen molar-refractivity contribution in [3.63, 3.8) is 0 Å². The Morgan fingerprint density at radius 3 is 2.69 bits per heavy atom. The average Bonchev–Trinajstić information content (AvgIpc) is 3.51. The number of hydrogen-bond donors (Lipinski definition) is 2. The molecule has 0 spiro atoms. The van der Waals surface area contributed by atoms with Crippen LogP contribution in [0.15, 0.2) is 12.3 Å². The number of hydrogen-bond acceptors (Lipinski definition) is 5. The van der Waals surface area contributed by atoms with E-state index in [0.29, 0.717) is 48.1 Å². The monoisotopic (exact) mass is 603 g/mol. The molecular weight excluding hydrogens is 568 g/mol. The molecule has 1 aliphatic heterocycles. The van der Waals surface area contributed by atoms with Crippen molar-refractivity contribution < 1.29 is 31.3 Å². The lowest BCUT2D eigenvalue weighted by Crippen LogP contribution is -2.36. The summed E-state index contributed by atoms with van der Waals surface area (Å²) in [4.78, 5) is 35.9. The molecule has 2 aliphatic rings. The maximum absolute atomic E-state index is 13.8. The van der Waals surface area contributed by atoms with E-state index in [-0.39, 0.29) is 43.7 Å². The van der Waals surface area contributed by atoms with E-state index >= 15 is 0 Å². The first-order valence-corrected chi connectivity index (χ1v) is 15.7. The largest absolute Gasteiger partial charge is 0.355 e. The Kier molecular flexibility index (Phi) is 9.85. The maximum atomic E-state index is 13.8. The van der Waals surface area contributed by atoms with Gasteiger partial charge in [-0.1, -0.05) is 18.8 Å². The third-order valence-electron chi connectivity index (χ3n) is 7.84. The number of likely N-dealkylation sites (tertiary alicyclic amines) is 1. The Balaban J connectivity index is 1.38. The number of nitrogens with one attached hydrogen (secondary N) is 1. The van der Waals surface area contributed by atoms with Crippen LogP contribution in [0.3, 0.4) is 0 Å². The van der Waals surface area contributed by atoms with Crippen LogP contribution in [0.1, 0.15) is 67.4 Å². The van der Waals surface area contributed by atoms with E-state index in [9.17, 15) is 26.8 Å². The minimum Gasteiger partial charge on any atom is -0.355 e. The smallest absolute Gasteiger partial charge is 0.266 e. The molecule has 2 aromatic heterocycles. The zero-order valence-corrected chi connectivity index (χ0v) is 24.4. The molecule has 2 N–H and O–H groups in total. The molecule has 2 aromatic rings. The summed E-state index contributed by atoms with van der Waals surface area (Å²) < 4.78 is 58.4. The summed E-state index contributed by atoms with van der Waals surface area (Å²) in [5, 5.41) is 3.09. The van der Waals surface area contributed by atoms with Gasteiger partial charge in [-0.2, -0.15) is 8.42 Å². The Hall–Kier alpha value is -3.55. The number of nitrogens with zero attached hydrogens (tertiary/aromatic N) is 4. The second kappa shape index (κ2) is 13.2. The Bertz CT molecular complexity index is 1550. The number of carbonyl (C=O) groups excluding carboxylic acids is 2. The van der Waals surface area contributed by atoms with Gasteiger partial charge >= 0.3 is 0 Å². The molecule has 3 heterocycles. The van der Waals surface area contributed by atoms with E-state index in [1.54, 1.807) is 11.0 Å². The zero-order valence-electron chi connectivity index (χ0n) is 23.5. The second-order valence-corrected chi connectivity index (χ2v) is 12.6. The van der Waals surface area contributed by atoms with Crippen molar-refractivity contribution >= 4 is 38.7 Å². The maximum Gasteiger partial charge on any atom is 0.266 e. The highest BCUT2D eigenvalue weighted by atomic mass is 32.2. The molecule has 1 saturated carbocycles. The van der Waals surface area contributed by atoms with Gasteiger partial charge in [0.25, 0.3) is 21.9 Å². The summed E-state index contributed by atoms with van der Waals surface area (Å²) in [6.45, 7) is 7.69. The van der Waals surface area contributed by atoms with Gasteiger partial charge in [-0.05, 0) is 31.7 Å². The highest BCUT2D eigenvalue weighted by Gasteiger charge is 2.44. The van der Waals surface area contributed by atoms with Crippen molar-refractivity contribution in [2.24, 2.45) is 18.9 Å². The fourth-order valence-electron chi connectivity index (χ4n) is 5.54. The Labute approximate surface area is 244 Å². The first kappa shape index (κ1) is 31.4. The second-order valence-electron chi connectivity index (χ2n) is 11.1. The van der Waals surface area contributed by atoms with Crippen LogP contribution in [0.4, 0.5) is 14.5 Å².